The number of hydrogen-bond acceptors (Lipinski definition) is 8. The minimum atomic E-state index is -5.77. The molecular weight excluding hydrogens is 858 g/mol. The third-order valence-corrected chi connectivity index (χ3v) is 8.82. The number of aromatic nitrogens is 4. The molecule has 332 valence electrons. The van der Waals surface area contributed by atoms with Gasteiger partial charge in [-0.15, -0.1) is 0 Å². The Balaban J connectivity index is 0.000000272. The molecule has 0 saturated carbocycles. The zero-order valence-corrected chi connectivity index (χ0v) is 32.6. The van der Waals surface area contributed by atoms with E-state index in [1.807, 2.05) is 0 Å². The van der Waals surface area contributed by atoms with Crippen LogP contribution in [0.4, 0.5) is 55.5 Å². The highest BCUT2D eigenvalue weighted by molar-refractivity contribution is 5.96. The van der Waals surface area contributed by atoms with Crippen molar-refractivity contribution in [2.75, 3.05) is 10.6 Å². The van der Waals surface area contributed by atoms with Gasteiger partial charge in [-0.2, -0.15) is 43.9 Å². The van der Waals surface area contributed by atoms with Gasteiger partial charge in [-0.25, -0.2) is 29.5 Å². The summed E-state index contributed by atoms with van der Waals surface area (Å²) in [4.78, 5) is 36.9. The highest BCUT2D eigenvalue weighted by atomic mass is 19.4. The molecule has 21 heteroatoms. The molecule has 0 saturated heterocycles. The van der Waals surface area contributed by atoms with Gasteiger partial charge in [-0.05, 0) is 59.4 Å². The van der Waals surface area contributed by atoms with Gasteiger partial charge in [0.1, 0.15) is 34.7 Å². The minimum Gasteiger partial charge on any atom is -0.478 e. The molecule has 0 amide bonds. The SMILES string of the molecule is Cc1nc(NCc2ccc(-c3ccccc3C(=O)O)cc2)cc(C(F)(F)C(F)(F)F)n1.Cc1nc(NCc2ccc(-c3ccccc3C(=O)O)cc2)cc(C(F)(F)C(F)(F)F)n1.O. The summed E-state index contributed by atoms with van der Waals surface area (Å²) in [7, 11) is 0. The van der Waals surface area contributed by atoms with Crippen LogP contribution in [-0.4, -0.2) is 59.9 Å². The molecule has 0 bridgehead atoms. The first-order valence-electron chi connectivity index (χ1n) is 17.9. The first kappa shape index (κ1) is 48.5. The Morgan fingerprint density at radius 3 is 1.13 bits per heavy atom. The number of aromatic carboxylic acids is 2. The molecule has 0 aliphatic heterocycles. The molecule has 2 heterocycles. The number of rotatable bonds is 12. The van der Waals surface area contributed by atoms with E-state index in [1.165, 1.54) is 26.0 Å². The van der Waals surface area contributed by atoms with Gasteiger partial charge in [0.15, 0.2) is 0 Å². The molecule has 0 radical (unpaired) electrons. The van der Waals surface area contributed by atoms with Gasteiger partial charge >= 0.3 is 36.1 Å². The standard InChI is InChI=1S/2C21H16F5N3O2.H2O/c2*1-12-28-17(20(22,23)21(24,25)26)10-18(29-12)27-11-13-6-8-14(9-7-13)15-4-2-3-5-16(15)19(30)31;/h2*2-10H,11H2,1H3,(H,30,31)(H,27,28,29);1H2. The van der Waals surface area contributed by atoms with Gasteiger partial charge in [0, 0.05) is 25.2 Å². The van der Waals surface area contributed by atoms with Crippen LogP contribution in [0.25, 0.3) is 22.3 Å². The summed E-state index contributed by atoms with van der Waals surface area (Å²) in [5, 5.41) is 24.0. The van der Waals surface area contributed by atoms with Crippen molar-refractivity contribution in [2.24, 2.45) is 0 Å². The predicted octanol–water partition coefficient (Wildman–Crippen LogP) is 10.0. The monoisotopic (exact) mass is 892 g/mol. The Bertz CT molecular complexity index is 2380. The van der Waals surface area contributed by atoms with Crippen molar-refractivity contribution in [3.8, 4) is 22.3 Å². The molecule has 0 atom stereocenters. The molecule has 0 aliphatic carbocycles. The van der Waals surface area contributed by atoms with E-state index in [-0.39, 0.29) is 53.0 Å². The van der Waals surface area contributed by atoms with Gasteiger partial charge in [0.05, 0.1) is 11.1 Å². The van der Waals surface area contributed by atoms with Crippen molar-refractivity contribution in [3.63, 3.8) is 0 Å². The van der Waals surface area contributed by atoms with Crippen molar-refractivity contribution in [1.82, 2.24) is 19.9 Å². The molecule has 63 heavy (non-hydrogen) atoms. The van der Waals surface area contributed by atoms with Crippen molar-refractivity contribution >= 4 is 23.6 Å². The quantitative estimate of drug-likeness (QED) is 0.0864. The number of hydrogen-bond donors (Lipinski definition) is 4. The van der Waals surface area contributed by atoms with Crippen molar-refractivity contribution in [1.29, 1.82) is 0 Å². The molecule has 6 aromatic rings. The molecule has 4 aromatic carbocycles. The van der Waals surface area contributed by atoms with Crippen LogP contribution in [0.5, 0.6) is 0 Å². The summed E-state index contributed by atoms with van der Waals surface area (Å²) >= 11 is 0. The number of carbonyl (C=O) groups is 2. The number of anilines is 2. The summed E-state index contributed by atoms with van der Waals surface area (Å²) in [6, 6.07) is 27.6. The van der Waals surface area contributed by atoms with E-state index in [4.69, 9.17) is 0 Å². The summed E-state index contributed by atoms with van der Waals surface area (Å²) in [5.41, 5.74) is 1.14. The van der Waals surface area contributed by atoms with Gasteiger partial charge in [-0.3, -0.25) is 0 Å². The van der Waals surface area contributed by atoms with Crippen molar-refractivity contribution in [3.05, 3.63) is 154 Å². The van der Waals surface area contributed by atoms with Gasteiger partial charge in [0.2, 0.25) is 0 Å². The average molecular weight is 893 g/mol. The van der Waals surface area contributed by atoms with E-state index in [0.717, 1.165) is 0 Å². The second kappa shape index (κ2) is 19.3. The number of aryl methyl sites for hydroxylation is 2. The number of carboxylic acid groups (broad SMARTS) is 2. The molecule has 0 spiro atoms. The second-order valence-corrected chi connectivity index (χ2v) is 13.3. The van der Waals surface area contributed by atoms with Gasteiger partial charge in [-0.1, -0.05) is 84.9 Å². The lowest BCUT2D eigenvalue weighted by Gasteiger charge is -2.19. The molecule has 0 unspecified atom stereocenters. The lowest BCUT2D eigenvalue weighted by atomic mass is 9.99. The summed E-state index contributed by atoms with van der Waals surface area (Å²) in [6.07, 6.45) is -11.5. The van der Waals surface area contributed by atoms with E-state index >= 15 is 0 Å². The van der Waals surface area contributed by atoms with Gasteiger partial charge < -0.3 is 26.3 Å². The van der Waals surface area contributed by atoms with Crippen LogP contribution in [0.3, 0.4) is 0 Å². The first-order chi connectivity index (χ1) is 29.0. The molecular formula is C42H34F10N6O5. The van der Waals surface area contributed by atoms with E-state index in [2.05, 4.69) is 30.6 Å². The maximum Gasteiger partial charge on any atom is 0.459 e. The smallest absolute Gasteiger partial charge is 0.459 e. The number of nitrogens with zero attached hydrogens (tertiary/aromatic N) is 4. The fourth-order valence-corrected chi connectivity index (χ4v) is 5.76. The van der Waals surface area contributed by atoms with Crippen molar-refractivity contribution < 1.29 is 69.2 Å². The largest absolute Gasteiger partial charge is 0.478 e. The maximum atomic E-state index is 13.6. The number of carboxylic acids is 2. The molecule has 2 aromatic heterocycles. The Morgan fingerprint density at radius 2 is 0.825 bits per heavy atom. The first-order valence-corrected chi connectivity index (χ1v) is 17.9. The maximum absolute atomic E-state index is 13.6. The lowest BCUT2D eigenvalue weighted by Crippen LogP contribution is -2.35. The van der Waals surface area contributed by atoms with Crippen LogP contribution in [0.15, 0.2) is 109 Å². The van der Waals surface area contributed by atoms with Crippen LogP contribution in [0.2, 0.25) is 0 Å². The van der Waals surface area contributed by atoms with Crippen LogP contribution in [-0.2, 0) is 24.9 Å². The zero-order chi connectivity index (χ0) is 45.6. The number of nitrogens with one attached hydrogen (secondary N) is 2. The third kappa shape index (κ3) is 11.6. The van der Waals surface area contributed by atoms with Crippen LogP contribution in [0, 0.1) is 13.8 Å². The molecule has 11 nitrogen and oxygen atoms in total. The predicted molar refractivity (Wildman–Crippen MR) is 209 cm³/mol. The Hall–Kier alpha value is -7.16. The normalized spacial score (nSPS) is 11.7. The highest BCUT2D eigenvalue weighted by Gasteiger charge is 2.61. The van der Waals surface area contributed by atoms with Crippen LogP contribution in [0.1, 0.15) is 54.9 Å². The highest BCUT2D eigenvalue weighted by Crippen LogP contribution is 2.44. The van der Waals surface area contributed by atoms with E-state index in [0.29, 0.717) is 45.5 Å². The number of halogens is 10. The molecule has 0 fully saturated rings. The van der Waals surface area contributed by atoms with Crippen molar-refractivity contribution in [2.45, 2.75) is 51.1 Å². The number of benzene rings is 4. The Kier molecular flexibility index (Phi) is 14.8. The zero-order valence-electron chi connectivity index (χ0n) is 32.6. The number of alkyl halides is 10. The fourth-order valence-electron chi connectivity index (χ4n) is 5.76. The lowest BCUT2D eigenvalue weighted by molar-refractivity contribution is -0.291. The molecule has 6 rings (SSSR count). The Morgan fingerprint density at radius 1 is 0.508 bits per heavy atom. The molecule has 6 N–H and O–H groups in total. The summed E-state index contributed by atoms with van der Waals surface area (Å²) in [5.74, 6) is -13.1. The molecule has 0 aliphatic rings. The second-order valence-electron chi connectivity index (χ2n) is 13.3. The fraction of sp³-hybridized carbons (Fsp3) is 0.190. The van der Waals surface area contributed by atoms with E-state index in [1.54, 1.807) is 84.9 Å². The minimum absolute atomic E-state index is 0. The summed E-state index contributed by atoms with van der Waals surface area (Å²) in [6.45, 7) is 2.62. The van der Waals surface area contributed by atoms with E-state index in [9.17, 15) is 63.7 Å². The van der Waals surface area contributed by atoms with Crippen LogP contribution >= 0.6 is 0 Å². The summed E-state index contributed by atoms with van der Waals surface area (Å²) < 4.78 is 130. The topological polar surface area (TPSA) is 182 Å². The van der Waals surface area contributed by atoms with Crippen LogP contribution < -0.4 is 10.6 Å². The Labute approximate surface area is 350 Å². The van der Waals surface area contributed by atoms with Gasteiger partial charge in [0.25, 0.3) is 0 Å². The third-order valence-electron chi connectivity index (χ3n) is 8.82. The average Bonchev–Trinajstić information content (AvgIpc) is 3.21. The van der Waals surface area contributed by atoms with E-state index < -0.39 is 47.5 Å².